The molecule has 2 aromatic rings. The maximum atomic E-state index is 12.4. The first-order valence-corrected chi connectivity index (χ1v) is 8.09. The zero-order valence-corrected chi connectivity index (χ0v) is 12.8. The fourth-order valence-corrected chi connectivity index (χ4v) is 3.25. The molecule has 7 heteroatoms. The molecule has 6 nitrogen and oxygen atoms in total. The second-order valence-corrected chi connectivity index (χ2v) is 6.77. The number of aryl methyl sites for hydroxylation is 1. The van der Waals surface area contributed by atoms with Crippen LogP contribution in [0.15, 0.2) is 35.4 Å². The molecule has 0 saturated carbocycles. The van der Waals surface area contributed by atoms with Crippen molar-refractivity contribution in [2.75, 3.05) is 6.54 Å². The number of benzene rings is 1. The molecule has 0 radical (unpaired) electrons. The van der Waals surface area contributed by atoms with Gasteiger partial charge in [0.15, 0.2) is 0 Å². The Morgan fingerprint density at radius 3 is 2.76 bits per heavy atom. The van der Waals surface area contributed by atoms with Crippen molar-refractivity contribution in [1.82, 2.24) is 9.71 Å². The summed E-state index contributed by atoms with van der Waals surface area (Å²) in [4.78, 5) is 4.38. The van der Waals surface area contributed by atoms with Crippen molar-refractivity contribution in [2.24, 2.45) is 5.73 Å². The van der Waals surface area contributed by atoms with E-state index in [4.69, 9.17) is 5.73 Å². The van der Waals surface area contributed by atoms with E-state index in [-0.39, 0.29) is 11.4 Å². The number of fused-ring (bicyclic) bond motifs is 1. The van der Waals surface area contributed by atoms with Crippen molar-refractivity contribution >= 4 is 20.9 Å². The van der Waals surface area contributed by atoms with Gasteiger partial charge in [0.25, 0.3) is 0 Å². The fourth-order valence-electron chi connectivity index (χ4n) is 1.98. The molecule has 0 fully saturated rings. The van der Waals surface area contributed by atoms with Crippen molar-refractivity contribution in [2.45, 2.75) is 30.9 Å². The molecule has 21 heavy (non-hydrogen) atoms. The average molecular weight is 309 g/mol. The molecule has 2 unspecified atom stereocenters. The van der Waals surface area contributed by atoms with Gasteiger partial charge in [0, 0.05) is 24.2 Å². The Bertz CT molecular complexity index is 744. The standard InChI is InChI=1S/C14H19N3O3S/c1-9-5-6-13(11-4-3-7-16-14(9)11)21(19,20)17-8-12(15)10(2)18/h3-7,10,12,17-18H,8,15H2,1-2H3. The van der Waals surface area contributed by atoms with Crippen LogP contribution in [0.1, 0.15) is 12.5 Å². The predicted molar refractivity (Wildman–Crippen MR) is 81.3 cm³/mol. The molecule has 0 bridgehead atoms. The quantitative estimate of drug-likeness (QED) is 0.747. The molecule has 1 heterocycles. The second kappa shape index (κ2) is 6.07. The second-order valence-electron chi connectivity index (χ2n) is 5.04. The van der Waals surface area contributed by atoms with Crippen LogP contribution in [0, 0.1) is 6.92 Å². The first-order valence-electron chi connectivity index (χ1n) is 6.60. The Labute approximate surface area is 124 Å². The van der Waals surface area contributed by atoms with Crippen molar-refractivity contribution in [1.29, 1.82) is 0 Å². The van der Waals surface area contributed by atoms with Crippen molar-refractivity contribution in [3.63, 3.8) is 0 Å². The molecular formula is C14H19N3O3S. The van der Waals surface area contributed by atoms with E-state index in [9.17, 15) is 13.5 Å². The summed E-state index contributed by atoms with van der Waals surface area (Å²) in [5.41, 5.74) is 7.21. The van der Waals surface area contributed by atoms with Crippen molar-refractivity contribution < 1.29 is 13.5 Å². The smallest absolute Gasteiger partial charge is 0.241 e. The van der Waals surface area contributed by atoms with E-state index in [1.54, 1.807) is 30.5 Å². The van der Waals surface area contributed by atoms with Crippen LogP contribution in [0.25, 0.3) is 10.9 Å². The van der Waals surface area contributed by atoms with Crippen LogP contribution in [-0.4, -0.2) is 37.2 Å². The summed E-state index contributed by atoms with van der Waals surface area (Å²) < 4.78 is 27.2. The summed E-state index contributed by atoms with van der Waals surface area (Å²) in [7, 11) is -3.71. The summed E-state index contributed by atoms with van der Waals surface area (Å²) in [5, 5.41) is 9.89. The number of rotatable bonds is 5. The summed E-state index contributed by atoms with van der Waals surface area (Å²) in [5.74, 6) is 0. The lowest BCUT2D eigenvalue weighted by molar-refractivity contribution is 0.164. The number of aliphatic hydroxyl groups excluding tert-OH is 1. The Kier molecular flexibility index (Phi) is 4.58. The monoisotopic (exact) mass is 309 g/mol. The number of pyridine rings is 1. The maximum absolute atomic E-state index is 12.4. The third-order valence-corrected chi connectivity index (χ3v) is 4.83. The normalized spacial score (nSPS) is 15.0. The van der Waals surface area contributed by atoms with Gasteiger partial charge in [-0.2, -0.15) is 0 Å². The number of nitrogens with zero attached hydrogens (tertiary/aromatic N) is 1. The lowest BCUT2D eigenvalue weighted by Crippen LogP contribution is -2.43. The van der Waals surface area contributed by atoms with E-state index in [1.165, 1.54) is 6.92 Å². The summed E-state index contributed by atoms with van der Waals surface area (Å²) >= 11 is 0. The zero-order chi connectivity index (χ0) is 15.6. The van der Waals surface area contributed by atoms with Crippen LogP contribution in [0.4, 0.5) is 0 Å². The van der Waals surface area contributed by atoms with E-state index < -0.39 is 22.2 Å². The summed E-state index contributed by atoms with van der Waals surface area (Å²) in [6.45, 7) is 3.36. The number of sulfonamides is 1. The minimum Gasteiger partial charge on any atom is -0.392 e. The van der Waals surface area contributed by atoms with Crippen LogP contribution in [0.3, 0.4) is 0 Å². The Morgan fingerprint density at radius 2 is 2.10 bits per heavy atom. The minimum atomic E-state index is -3.71. The van der Waals surface area contributed by atoms with Crippen LogP contribution in [0.2, 0.25) is 0 Å². The van der Waals surface area contributed by atoms with E-state index in [2.05, 4.69) is 9.71 Å². The summed E-state index contributed by atoms with van der Waals surface area (Å²) in [6.07, 6.45) is 0.840. The van der Waals surface area contributed by atoms with Gasteiger partial charge in [-0.05, 0) is 37.6 Å². The number of nitrogens with two attached hydrogens (primary N) is 1. The van der Waals surface area contributed by atoms with E-state index >= 15 is 0 Å². The number of aromatic nitrogens is 1. The van der Waals surface area contributed by atoms with Crippen molar-refractivity contribution in [3.8, 4) is 0 Å². The molecule has 0 aliphatic rings. The molecule has 1 aromatic heterocycles. The minimum absolute atomic E-state index is 0.0321. The Balaban J connectivity index is 2.39. The van der Waals surface area contributed by atoms with Crippen LogP contribution in [-0.2, 0) is 10.0 Å². The van der Waals surface area contributed by atoms with Crippen LogP contribution >= 0.6 is 0 Å². The third kappa shape index (κ3) is 3.38. The fraction of sp³-hybridized carbons (Fsp3) is 0.357. The molecule has 0 aliphatic carbocycles. The molecule has 2 rings (SSSR count). The van der Waals surface area contributed by atoms with E-state index in [1.807, 2.05) is 6.92 Å². The number of nitrogens with one attached hydrogen (secondary N) is 1. The SMILES string of the molecule is Cc1ccc(S(=O)(=O)NCC(N)C(C)O)c2cccnc12. The molecule has 4 N–H and O–H groups in total. The Morgan fingerprint density at radius 1 is 1.38 bits per heavy atom. The molecule has 2 atom stereocenters. The van der Waals surface area contributed by atoms with Gasteiger partial charge in [-0.25, -0.2) is 13.1 Å². The van der Waals surface area contributed by atoms with Gasteiger partial charge in [0.1, 0.15) is 0 Å². The van der Waals surface area contributed by atoms with Gasteiger partial charge in [-0.15, -0.1) is 0 Å². The first kappa shape index (κ1) is 15.8. The maximum Gasteiger partial charge on any atom is 0.241 e. The number of hydrogen-bond donors (Lipinski definition) is 3. The summed E-state index contributed by atoms with van der Waals surface area (Å²) in [6, 6.07) is 6.03. The first-order chi connectivity index (χ1) is 9.83. The highest BCUT2D eigenvalue weighted by Crippen LogP contribution is 2.23. The molecule has 0 amide bonds. The van der Waals surface area contributed by atoms with Crippen LogP contribution in [0.5, 0.6) is 0 Å². The molecule has 114 valence electrons. The molecule has 0 spiro atoms. The van der Waals surface area contributed by atoms with E-state index in [0.717, 1.165) is 5.56 Å². The highest BCUT2D eigenvalue weighted by molar-refractivity contribution is 7.89. The molecule has 0 saturated heterocycles. The highest BCUT2D eigenvalue weighted by atomic mass is 32.2. The topological polar surface area (TPSA) is 105 Å². The van der Waals surface area contributed by atoms with Gasteiger partial charge in [-0.3, -0.25) is 4.98 Å². The zero-order valence-electron chi connectivity index (χ0n) is 11.9. The number of hydrogen-bond acceptors (Lipinski definition) is 5. The molecular weight excluding hydrogens is 290 g/mol. The van der Waals surface area contributed by atoms with Gasteiger partial charge in [-0.1, -0.05) is 6.07 Å². The predicted octanol–water partition coefficient (Wildman–Crippen LogP) is 0.530. The van der Waals surface area contributed by atoms with Gasteiger partial charge < -0.3 is 10.8 Å². The third-order valence-electron chi connectivity index (χ3n) is 3.35. The van der Waals surface area contributed by atoms with Crippen molar-refractivity contribution in [3.05, 3.63) is 36.0 Å². The molecule has 0 aliphatic heterocycles. The van der Waals surface area contributed by atoms with Gasteiger partial charge >= 0.3 is 0 Å². The Hall–Kier alpha value is -1.54. The lowest BCUT2D eigenvalue weighted by atomic mass is 10.1. The van der Waals surface area contributed by atoms with Crippen LogP contribution < -0.4 is 10.5 Å². The lowest BCUT2D eigenvalue weighted by Gasteiger charge is -2.16. The van der Waals surface area contributed by atoms with Gasteiger partial charge in [0.2, 0.25) is 10.0 Å². The highest BCUT2D eigenvalue weighted by Gasteiger charge is 2.20. The largest absolute Gasteiger partial charge is 0.392 e. The molecule has 1 aromatic carbocycles. The number of aliphatic hydroxyl groups is 1. The van der Waals surface area contributed by atoms with Gasteiger partial charge in [0.05, 0.1) is 16.5 Å². The van der Waals surface area contributed by atoms with E-state index in [0.29, 0.717) is 10.9 Å². The average Bonchev–Trinajstić information content (AvgIpc) is 2.45.